The molecular formula is C14H12. The van der Waals surface area contributed by atoms with E-state index in [-0.39, 0.29) is 0 Å². The van der Waals surface area contributed by atoms with Gasteiger partial charge in [0, 0.05) is 0 Å². The Kier molecular flexibility index (Phi) is 1.38. The lowest BCUT2D eigenvalue weighted by atomic mass is 9.97. The average Bonchev–Trinajstić information content (AvgIpc) is 2.82. The second kappa shape index (κ2) is 2.48. The molecule has 0 aliphatic heterocycles. The quantitative estimate of drug-likeness (QED) is 0.572. The first kappa shape index (κ1) is 7.81. The molecule has 0 N–H and O–H groups in total. The summed E-state index contributed by atoms with van der Waals surface area (Å²) < 4.78 is 0. The van der Waals surface area contributed by atoms with Crippen molar-refractivity contribution in [1.29, 1.82) is 0 Å². The standard InChI is InChI=1S/C14H12/c1-9-11-5-3-7-13(11)10(2)14-8-4-6-12(9)14/h3-8H,1-2H3. The molecule has 1 aromatic carbocycles. The zero-order valence-corrected chi connectivity index (χ0v) is 8.46. The molecule has 0 bridgehead atoms. The predicted octanol–water partition coefficient (Wildman–Crippen LogP) is 1.92. The maximum Gasteiger partial charge on any atom is -0.0146 e. The summed E-state index contributed by atoms with van der Waals surface area (Å²) in [5.41, 5.74) is 5.63. The molecule has 0 saturated heterocycles. The van der Waals surface area contributed by atoms with Crippen molar-refractivity contribution in [3.05, 3.63) is 44.8 Å². The molecule has 2 aliphatic rings. The summed E-state index contributed by atoms with van der Waals surface area (Å²) in [5, 5.41) is 2.81. The Hall–Kier alpha value is -1.56. The lowest BCUT2D eigenvalue weighted by molar-refractivity contribution is 1.29. The highest BCUT2D eigenvalue weighted by molar-refractivity contribution is 5.77. The van der Waals surface area contributed by atoms with Crippen LogP contribution in [0.5, 0.6) is 0 Å². The van der Waals surface area contributed by atoms with Gasteiger partial charge in [0.25, 0.3) is 0 Å². The van der Waals surface area contributed by atoms with Crippen molar-refractivity contribution in [2.75, 3.05) is 0 Å². The smallest absolute Gasteiger partial charge is 0.0146 e. The van der Waals surface area contributed by atoms with Gasteiger partial charge in [-0.15, -0.1) is 0 Å². The average molecular weight is 180 g/mol. The van der Waals surface area contributed by atoms with Crippen LogP contribution in [-0.2, 0) is 0 Å². The molecule has 14 heavy (non-hydrogen) atoms. The first-order valence-electron chi connectivity index (χ1n) is 4.99. The van der Waals surface area contributed by atoms with Gasteiger partial charge < -0.3 is 0 Å². The fourth-order valence-corrected chi connectivity index (χ4v) is 2.44. The summed E-state index contributed by atoms with van der Waals surface area (Å²) in [5.74, 6) is 0. The van der Waals surface area contributed by atoms with Crippen molar-refractivity contribution in [2.45, 2.75) is 13.8 Å². The van der Waals surface area contributed by atoms with E-state index in [0.717, 1.165) is 0 Å². The summed E-state index contributed by atoms with van der Waals surface area (Å²) in [6.45, 7) is 4.42. The normalized spacial score (nSPS) is 15.0. The zero-order chi connectivity index (χ0) is 9.71. The molecule has 0 nitrogen and oxygen atoms in total. The third-order valence-corrected chi connectivity index (χ3v) is 3.25. The van der Waals surface area contributed by atoms with E-state index in [1.807, 2.05) is 0 Å². The summed E-state index contributed by atoms with van der Waals surface area (Å²) >= 11 is 0. The molecule has 0 heterocycles. The van der Waals surface area contributed by atoms with Gasteiger partial charge in [-0.25, -0.2) is 0 Å². The van der Waals surface area contributed by atoms with Crippen LogP contribution in [-0.4, -0.2) is 0 Å². The fraction of sp³-hybridized carbons (Fsp3) is 0.143. The van der Waals surface area contributed by atoms with Gasteiger partial charge in [-0.2, -0.15) is 0 Å². The van der Waals surface area contributed by atoms with E-state index in [4.69, 9.17) is 0 Å². The third-order valence-electron chi connectivity index (χ3n) is 3.25. The largest absolute Gasteiger partial charge is 0.0610 e. The summed E-state index contributed by atoms with van der Waals surface area (Å²) in [7, 11) is 0. The van der Waals surface area contributed by atoms with Crippen molar-refractivity contribution in [1.82, 2.24) is 0 Å². The van der Waals surface area contributed by atoms with Gasteiger partial charge in [-0.05, 0) is 46.5 Å². The highest BCUT2D eigenvalue weighted by Crippen LogP contribution is 2.14. The van der Waals surface area contributed by atoms with Crippen LogP contribution in [0.1, 0.15) is 22.3 Å². The van der Waals surface area contributed by atoms with Crippen LogP contribution in [0.2, 0.25) is 0 Å². The minimum absolute atomic E-state index is 1.40. The summed E-state index contributed by atoms with van der Waals surface area (Å²) in [6.07, 6.45) is 13.1. The monoisotopic (exact) mass is 180 g/mol. The lowest BCUT2D eigenvalue weighted by Crippen LogP contribution is -2.22. The zero-order valence-electron chi connectivity index (χ0n) is 8.46. The Morgan fingerprint density at radius 1 is 0.714 bits per heavy atom. The Balaban J connectivity index is 2.61. The van der Waals surface area contributed by atoms with Crippen molar-refractivity contribution < 1.29 is 0 Å². The van der Waals surface area contributed by atoms with Crippen LogP contribution in [0.25, 0.3) is 24.3 Å². The molecule has 0 atom stereocenters. The van der Waals surface area contributed by atoms with E-state index in [1.54, 1.807) is 0 Å². The van der Waals surface area contributed by atoms with E-state index >= 15 is 0 Å². The molecule has 1 aromatic rings. The van der Waals surface area contributed by atoms with Crippen LogP contribution < -0.4 is 10.4 Å². The molecule has 2 aliphatic carbocycles. The van der Waals surface area contributed by atoms with Crippen molar-refractivity contribution >= 4 is 24.3 Å². The topological polar surface area (TPSA) is 0 Å². The molecule has 0 saturated carbocycles. The first-order valence-corrected chi connectivity index (χ1v) is 4.99. The third kappa shape index (κ3) is 0.784. The van der Waals surface area contributed by atoms with E-state index in [1.165, 1.54) is 32.7 Å². The number of rotatable bonds is 0. The molecular weight excluding hydrogens is 168 g/mol. The molecule has 3 rings (SSSR count). The van der Waals surface area contributed by atoms with Gasteiger partial charge in [0.1, 0.15) is 0 Å². The minimum atomic E-state index is 1.40. The number of hydrogen-bond acceptors (Lipinski definition) is 0. The number of allylic oxidation sites excluding steroid dienone is 2. The van der Waals surface area contributed by atoms with Crippen LogP contribution in [0.3, 0.4) is 0 Å². The van der Waals surface area contributed by atoms with Gasteiger partial charge >= 0.3 is 0 Å². The predicted molar refractivity (Wildman–Crippen MR) is 62.2 cm³/mol. The van der Waals surface area contributed by atoms with Crippen molar-refractivity contribution in [3.8, 4) is 0 Å². The van der Waals surface area contributed by atoms with E-state index in [2.05, 4.69) is 50.3 Å². The highest BCUT2D eigenvalue weighted by Gasteiger charge is 2.11. The molecule has 0 aromatic heterocycles. The molecule has 0 fully saturated rings. The highest BCUT2D eigenvalue weighted by atomic mass is 14.2. The van der Waals surface area contributed by atoms with Crippen LogP contribution >= 0.6 is 0 Å². The van der Waals surface area contributed by atoms with Gasteiger partial charge in [0.15, 0.2) is 0 Å². The van der Waals surface area contributed by atoms with Crippen LogP contribution in [0.15, 0.2) is 12.2 Å². The van der Waals surface area contributed by atoms with Crippen LogP contribution in [0, 0.1) is 13.8 Å². The van der Waals surface area contributed by atoms with Gasteiger partial charge in [0.2, 0.25) is 0 Å². The molecule has 68 valence electrons. The Morgan fingerprint density at radius 2 is 1.14 bits per heavy atom. The summed E-state index contributed by atoms with van der Waals surface area (Å²) in [4.78, 5) is 0. The first-order chi connectivity index (χ1) is 6.79. The fourth-order valence-electron chi connectivity index (χ4n) is 2.44. The van der Waals surface area contributed by atoms with E-state index < -0.39 is 0 Å². The van der Waals surface area contributed by atoms with Crippen molar-refractivity contribution in [2.24, 2.45) is 0 Å². The maximum atomic E-state index is 2.21. The Morgan fingerprint density at radius 3 is 1.57 bits per heavy atom. The molecule has 0 amide bonds. The van der Waals surface area contributed by atoms with Crippen LogP contribution in [0.4, 0.5) is 0 Å². The second-order valence-electron chi connectivity index (χ2n) is 3.96. The number of hydrogen-bond donors (Lipinski definition) is 0. The molecule has 0 heteroatoms. The number of benzene rings is 1. The van der Waals surface area contributed by atoms with Gasteiger partial charge in [-0.1, -0.05) is 36.5 Å². The van der Waals surface area contributed by atoms with Crippen molar-refractivity contribution in [3.63, 3.8) is 0 Å². The Bertz CT molecular complexity index is 540. The summed E-state index contributed by atoms with van der Waals surface area (Å²) in [6, 6.07) is 0. The van der Waals surface area contributed by atoms with E-state index in [9.17, 15) is 0 Å². The minimum Gasteiger partial charge on any atom is -0.0610 e. The second-order valence-corrected chi connectivity index (χ2v) is 3.96. The lowest BCUT2D eigenvalue weighted by Gasteiger charge is -2.07. The number of fused-ring (bicyclic) bond motifs is 2. The van der Waals surface area contributed by atoms with Gasteiger partial charge in [0.05, 0.1) is 0 Å². The van der Waals surface area contributed by atoms with Gasteiger partial charge in [-0.3, -0.25) is 0 Å². The van der Waals surface area contributed by atoms with E-state index in [0.29, 0.717) is 0 Å². The maximum absolute atomic E-state index is 2.21. The molecule has 0 spiro atoms. The Labute approximate surface area is 83.6 Å². The molecule has 0 radical (unpaired) electrons. The molecule has 0 unspecified atom stereocenters. The SMILES string of the molecule is Cc1c2c(c(C)c3c1=CC=C3)=CC=C2.